The maximum absolute atomic E-state index is 6.32. The predicted octanol–water partition coefficient (Wildman–Crippen LogP) is 10.1. The molecule has 0 saturated heterocycles. The van der Waals surface area contributed by atoms with Gasteiger partial charge in [-0.15, -0.1) is 48.3 Å². The van der Waals surface area contributed by atoms with Gasteiger partial charge in [-0.2, -0.15) is 6.07 Å². The summed E-state index contributed by atoms with van der Waals surface area (Å²) >= 11 is 0. The van der Waals surface area contributed by atoms with Crippen LogP contribution >= 0.6 is 0 Å². The molecule has 0 fully saturated rings. The van der Waals surface area contributed by atoms with E-state index in [0.717, 1.165) is 16.9 Å². The van der Waals surface area contributed by atoms with Crippen LogP contribution in [0.2, 0.25) is 0 Å². The topological polar surface area (TPSA) is 37.8 Å². The van der Waals surface area contributed by atoms with Crippen molar-refractivity contribution in [3.63, 3.8) is 0 Å². The second kappa shape index (κ2) is 12.8. The average Bonchev–Trinajstić information content (AvgIpc) is 3.43. The summed E-state index contributed by atoms with van der Waals surface area (Å²) in [6, 6.07) is 29.1. The molecule has 234 valence electrons. The Morgan fingerprint density at radius 2 is 1.20 bits per heavy atom. The van der Waals surface area contributed by atoms with Gasteiger partial charge in [-0.1, -0.05) is 80.5 Å². The van der Waals surface area contributed by atoms with Crippen LogP contribution in [0, 0.1) is 18.8 Å². The zero-order valence-electron chi connectivity index (χ0n) is 27.1. The molecule has 1 aliphatic rings. The molecule has 5 rings (SSSR count). The molecule has 1 aromatic heterocycles. The number of ether oxygens (including phenoxy) is 2. The van der Waals surface area contributed by atoms with Crippen LogP contribution in [-0.4, -0.2) is 4.98 Å². The van der Waals surface area contributed by atoms with Crippen molar-refractivity contribution in [2.45, 2.75) is 78.6 Å². The van der Waals surface area contributed by atoms with Crippen molar-refractivity contribution in [3.8, 4) is 23.1 Å². The van der Waals surface area contributed by atoms with Crippen LogP contribution in [0.15, 0.2) is 85.3 Å². The van der Waals surface area contributed by atoms with Crippen molar-refractivity contribution in [3.05, 3.63) is 121 Å². The normalized spacial score (nSPS) is 13.6. The van der Waals surface area contributed by atoms with Gasteiger partial charge in [0.2, 0.25) is 5.88 Å². The molecule has 0 spiro atoms. The zero-order chi connectivity index (χ0) is 31.0. The molecule has 5 nitrogen and oxygen atoms in total. The average molecular weight is 768 g/mol. The number of aromatic nitrogens is 1. The smallest absolute Gasteiger partial charge is 0.216 e. The molecular weight excluding hydrogens is 726 g/mol. The van der Waals surface area contributed by atoms with E-state index in [0.29, 0.717) is 23.1 Å². The second-order valence-electron chi connectivity index (χ2n) is 14.1. The van der Waals surface area contributed by atoms with E-state index in [9.17, 15) is 0 Å². The molecule has 0 atom stereocenters. The number of nitrogens with zero attached hydrogens (tertiary/aromatic N) is 3. The number of rotatable bonds is 6. The summed E-state index contributed by atoms with van der Waals surface area (Å²) in [7, 11) is 0. The van der Waals surface area contributed by atoms with Gasteiger partial charge in [0.25, 0.3) is 0 Å². The number of hydrogen-bond donors (Lipinski definition) is 0. The van der Waals surface area contributed by atoms with Crippen LogP contribution in [0.3, 0.4) is 0 Å². The van der Waals surface area contributed by atoms with Crippen LogP contribution in [0.1, 0.15) is 79.0 Å². The quantitative estimate of drug-likeness (QED) is 0.183. The molecule has 0 radical (unpaired) electrons. The summed E-state index contributed by atoms with van der Waals surface area (Å²) in [5.41, 5.74) is 5.69. The van der Waals surface area contributed by atoms with Gasteiger partial charge in [0.05, 0.1) is 0 Å². The summed E-state index contributed by atoms with van der Waals surface area (Å²) in [6.07, 6.45) is 5.83. The van der Waals surface area contributed by atoms with Gasteiger partial charge < -0.3 is 19.3 Å². The fraction of sp³-hybridized carbons (Fsp3) is 0.316. The molecule has 0 N–H and O–H groups in total. The number of hydrogen-bond acceptors (Lipinski definition) is 5. The van der Waals surface area contributed by atoms with Gasteiger partial charge in [-0.25, -0.2) is 4.98 Å². The number of pyridine rings is 1. The Morgan fingerprint density at radius 1 is 0.614 bits per heavy atom. The van der Waals surface area contributed by atoms with E-state index < -0.39 is 0 Å². The Balaban J connectivity index is 0.00000442. The van der Waals surface area contributed by atoms with Crippen LogP contribution in [0.4, 0.5) is 11.4 Å². The molecule has 44 heavy (non-hydrogen) atoms. The van der Waals surface area contributed by atoms with Crippen molar-refractivity contribution < 1.29 is 30.5 Å². The third kappa shape index (κ3) is 8.12. The van der Waals surface area contributed by atoms with E-state index in [4.69, 9.17) is 9.47 Å². The molecule has 1 aliphatic heterocycles. The minimum absolute atomic E-state index is 0. The largest absolute Gasteiger partial charge is 0.509 e. The van der Waals surface area contributed by atoms with Gasteiger partial charge in [0, 0.05) is 56.3 Å². The molecule has 3 aromatic carbocycles. The fourth-order valence-electron chi connectivity index (χ4n) is 4.62. The van der Waals surface area contributed by atoms with E-state index in [2.05, 4.69) is 120 Å². The van der Waals surface area contributed by atoms with E-state index >= 15 is 0 Å². The molecule has 0 saturated carbocycles. The maximum Gasteiger partial charge on any atom is 0.216 e. The summed E-state index contributed by atoms with van der Waals surface area (Å²) in [5, 5.41) is 0. The van der Waals surface area contributed by atoms with Crippen molar-refractivity contribution >= 4 is 11.4 Å². The Hall–Kier alpha value is -3.56. The predicted molar refractivity (Wildman–Crippen MR) is 176 cm³/mol. The van der Waals surface area contributed by atoms with E-state index in [-0.39, 0.29) is 37.3 Å². The Bertz CT molecular complexity index is 1580. The summed E-state index contributed by atoms with van der Waals surface area (Å²) in [4.78, 5) is 8.50. The first kappa shape index (κ1) is 33.3. The first-order valence-electron chi connectivity index (χ1n) is 14.8. The Morgan fingerprint density at radius 3 is 1.80 bits per heavy atom. The van der Waals surface area contributed by atoms with Crippen molar-refractivity contribution in [1.82, 2.24) is 4.98 Å². The molecule has 0 amide bonds. The first-order chi connectivity index (χ1) is 20.1. The van der Waals surface area contributed by atoms with E-state index in [1.165, 1.54) is 11.1 Å². The van der Waals surface area contributed by atoms with Gasteiger partial charge >= 0.3 is 0 Å². The minimum Gasteiger partial charge on any atom is -0.509 e. The monoisotopic (exact) mass is 767 g/mol. The van der Waals surface area contributed by atoms with E-state index in [1.807, 2.05) is 54.7 Å². The molecule has 2 heterocycles. The van der Waals surface area contributed by atoms with Crippen LogP contribution in [0.5, 0.6) is 23.1 Å². The number of anilines is 2. The molecule has 0 bridgehead atoms. The van der Waals surface area contributed by atoms with Gasteiger partial charge in [-0.05, 0) is 58.0 Å². The van der Waals surface area contributed by atoms with Crippen LogP contribution in [0.25, 0.3) is 0 Å². The van der Waals surface area contributed by atoms with Crippen LogP contribution in [-0.2, 0) is 37.3 Å². The Labute approximate surface area is 278 Å². The minimum atomic E-state index is -0.114. The Kier molecular flexibility index (Phi) is 9.71. The molecule has 0 aliphatic carbocycles. The summed E-state index contributed by atoms with van der Waals surface area (Å²) in [6.45, 7) is 22.1. The third-order valence-electron chi connectivity index (χ3n) is 7.37. The maximum atomic E-state index is 6.32. The summed E-state index contributed by atoms with van der Waals surface area (Å²) < 4.78 is 12.3. The summed E-state index contributed by atoms with van der Waals surface area (Å²) in [5.74, 6) is 2.21. The van der Waals surface area contributed by atoms with Crippen molar-refractivity contribution in [1.29, 1.82) is 0 Å². The SMILES string of the molecule is CC(C)(C)c1cc(Oc2[c-]c(N3C=CN(c4cc(C(C)(C)C)cc(C(C)(C)C)c4)[CH-]3)ccc2)[c-]c(Oc2ccccn2)c1.[Pt]. The zero-order valence-corrected chi connectivity index (χ0v) is 29.4. The van der Waals surface area contributed by atoms with Crippen molar-refractivity contribution in [2.75, 3.05) is 9.80 Å². The van der Waals surface area contributed by atoms with Gasteiger partial charge in [0.1, 0.15) is 0 Å². The second-order valence-corrected chi connectivity index (χ2v) is 14.1. The van der Waals surface area contributed by atoms with Gasteiger partial charge in [-0.3, -0.25) is 0 Å². The van der Waals surface area contributed by atoms with Crippen molar-refractivity contribution in [2.24, 2.45) is 0 Å². The number of benzene rings is 3. The molecular formula is C38H42N3O2Pt-3. The van der Waals surface area contributed by atoms with Gasteiger partial charge in [0.15, 0.2) is 0 Å². The standard InChI is InChI=1S/C38H42N3O2.Pt/c1-36(2,3)27-19-28(37(4,5)6)21-31(20-27)41-18-17-40(26-41)30-13-12-14-32(24-30)42-33-22-29(38(7,8)9)23-34(25-33)43-35-15-10-11-16-39-35;/h10-23,26H,1-9H3;/q-3;. The molecule has 0 unspecified atom stereocenters. The van der Waals surface area contributed by atoms with Crippen LogP contribution < -0.4 is 19.3 Å². The molecule has 6 heteroatoms. The molecule has 4 aromatic rings. The first-order valence-corrected chi connectivity index (χ1v) is 14.8. The third-order valence-corrected chi connectivity index (χ3v) is 7.37. The van der Waals surface area contributed by atoms with E-state index in [1.54, 1.807) is 6.20 Å². The fourth-order valence-corrected chi connectivity index (χ4v) is 4.62.